The molecule has 0 aromatic heterocycles. The Kier molecular flexibility index (Phi) is 8.27. The van der Waals surface area contributed by atoms with Crippen molar-refractivity contribution in [3.8, 4) is 0 Å². The molecule has 2 aromatic rings. The normalized spacial score (nSPS) is 26.4. The largest absolute Gasteiger partial charge is 0.394 e. The number of halogens is 1. The second kappa shape index (κ2) is 10.7. The molecule has 1 heterocycles. The smallest absolute Gasteiger partial charge is 0.122 e. The van der Waals surface area contributed by atoms with Gasteiger partial charge in [-0.3, -0.25) is 0 Å². The van der Waals surface area contributed by atoms with Crippen molar-refractivity contribution >= 4 is 17.3 Å². The van der Waals surface area contributed by atoms with Crippen molar-refractivity contribution in [3.05, 3.63) is 69.7 Å². The Morgan fingerprint density at radius 1 is 1.06 bits per heavy atom. The second-order valence-electron chi connectivity index (χ2n) is 8.30. The molecule has 0 radical (unpaired) electrons. The van der Waals surface area contributed by atoms with Crippen LogP contribution in [0.4, 0.5) is 0 Å². The van der Waals surface area contributed by atoms with Gasteiger partial charge in [0, 0.05) is 5.02 Å². The summed E-state index contributed by atoms with van der Waals surface area (Å²) >= 11 is 6.41. The van der Waals surface area contributed by atoms with E-state index in [-0.39, 0.29) is 6.10 Å². The number of rotatable bonds is 7. The zero-order valence-electron chi connectivity index (χ0n) is 18.4. The highest BCUT2D eigenvalue weighted by molar-refractivity contribution is 6.31. The van der Waals surface area contributed by atoms with Crippen molar-refractivity contribution in [2.75, 3.05) is 6.61 Å². The molecule has 174 valence electrons. The van der Waals surface area contributed by atoms with Crippen LogP contribution in [-0.2, 0) is 16.0 Å². The van der Waals surface area contributed by atoms with Crippen LogP contribution in [0.3, 0.4) is 0 Å². The van der Waals surface area contributed by atoms with E-state index < -0.39 is 37.1 Å². The number of nitrogens with zero attached hydrogens (tertiary/aromatic N) is 1. The molecule has 1 aliphatic heterocycles. The Labute approximate surface area is 192 Å². The number of hydrogen-bond acceptors (Lipinski definition) is 7. The Morgan fingerprint density at radius 3 is 2.38 bits per heavy atom. The number of oxime groups is 1. The molecule has 5 atom stereocenters. The molecule has 0 saturated carbocycles. The third-order valence-electron chi connectivity index (χ3n) is 5.46. The Morgan fingerprint density at radius 2 is 1.75 bits per heavy atom. The molecule has 1 aliphatic rings. The van der Waals surface area contributed by atoms with E-state index in [0.717, 1.165) is 22.4 Å². The maximum Gasteiger partial charge on any atom is 0.122 e. The average molecular weight is 464 g/mol. The first-order valence-electron chi connectivity index (χ1n) is 10.6. The van der Waals surface area contributed by atoms with Crippen molar-refractivity contribution in [1.29, 1.82) is 0 Å². The summed E-state index contributed by atoms with van der Waals surface area (Å²) in [6.45, 7) is 5.25. The first kappa shape index (κ1) is 24.6. The van der Waals surface area contributed by atoms with Crippen molar-refractivity contribution in [1.82, 2.24) is 0 Å². The van der Waals surface area contributed by atoms with Gasteiger partial charge in [0.2, 0.25) is 0 Å². The van der Waals surface area contributed by atoms with E-state index in [1.165, 1.54) is 0 Å². The standard InChI is InChI=1S/C24H30ClNO6/c1-13(2)32-26-14(3)16-6-4-15(5-7-16)10-18-11-17(8-9-19(18)25)24-23(30)22(29)21(28)20(12-27)31-24/h4-9,11,13,20-24,27-30H,10,12H2,1-3H3/t20-,21-,22+,23-,24+/m1/s1. The van der Waals surface area contributed by atoms with Gasteiger partial charge in [0.15, 0.2) is 0 Å². The molecule has 4 N–H and O–H groups in total. The molecule has 0 amide bonds. The van der Waals surface area contributed by atoms with E-state index >= 15 is 0 Å². The van der Waals surface area contributed by atoms with E-state index in [2.05, 4.69) is 5.16 Å². The van der Waals surface area contributed by atoms with Crippen molar-refractivity contribution in [2.45, 2.75) is 63.8 Å². The fourth-order valence-corrected chi connectivity index (χ4v) is 3.79. The molecule has 0 unspecified atom stereocenters. The first-order valence-corrected chi connectivity index (χ1v) is 11.0. The van der Waals surface area contributed by atoms with Gasteiger partial charge in [-0.25, -0.2) is 0 Å². The summed E-state index contributed by atoms with van der Waals surface area (Å²) in [5, 5.41) is 44.6. The molecule has 0 aliphatic carbocycles. The Balaban J connectivity index is 1.78. The van der Waals surface area contributed by atoms with Crippen LogP contribution in [0.2, 0.25) is 5.02 Å². The fourth-order valence-electron chi connectivity index (χ4n) is 3.61. The molecule has 3 rings (SSSR count). The molecule has 2 aromatic carbocycles. The van der Waals surface area contributed by atoms with E-state index in [0.29, 0.717) is 17.0 Å². The molecule has 0 spiro atoms. The SMILES string of the molecule is CC(=NOC(C)C)c1ccc(Cc2cc([C@@H]3O[C@H](CO)[C@@H](O)[C@H](O)[C@H]3O)ccc2Cl)cc1. The highest BCUT2D eigenvalue weighted by atomic mass is 35.5. The monoisotopic (exact) mass is 463 g/mol. The maximum absolute atomic E-state index is 10.4. The zero-order chi connectivity index (χ0) is 23.4. The van der Waals surface area contributed by atoms with E-state index in [1.807, 2.05) is 51.1 Å². The van der Waals surface area contributed by atoms with Crippen LogP contribution in [0.1, 0.15) is 49.1 Å². The van der Waals surface area contributed by atoms with Gasteiger partial charge in [0.05, 0.1) is 12.3 Å². The molecule has 8 heteroatoms. The summed E-state index contributed by atoms with van der Waals surface area (Å²) in [5.74, 6) is 0. The fraction of sp³-hybridized carbons (Fsp3) is 0.458. The number of aliphatic hydroxyl groups excluding tert-OH is 4. The minimum absolute atomic E-state index is 0.0161. The summed E-state index contributed by atoms with van der Waals surface area (Å²) in [7, 11) is 0. The van der Waals surface area contributed by atoms with Gasteiger partial charge in [-0.05, 0) is 55.5 Å². The lowest BCUT2D eigenvalue weighted by atomic mass is 9.90. The predicted molar refractivity (Wildman–Crippen MR) is 122 cm³/mol. The summed E-state index contributed by atoms with van der Waals surface area (Å²) in [6, 6.07) is 13.1. The van der Waals surface area contributed by atoms with Gasteiger partial charge < -0.3 is 30.0 Å². The minimum atomic E-state index is -1.43. The number of aliphatic hydroxyl groups is 4. The summed E-state index contributed by atoms with van der Waals surface area (Å²) in [4.78, 5) is 5.30. The minimum Gasteiger partial charge on any atom is -0.394 e. The highest BCUT2D eigenvalue weighted by Crippen LogP contribution is 2.34. The lowest BCUT2D eigenvalue weighted by Gasteiger charge is -2.40. The molecule has 32 heavy (non-hydrogen) atoms. The first-order chi connectivity index (χ1) is 15.2. The van der Waals surface area contributed by atoms with Crippen LogP contribution in [0.15, 0.2) is 47.6 Å². The van der Waals surface area contributed by atoms with Crippen LogP contribution in [-0.4, -0.2) is 63.3 Å². The molecule has 7 nitrogen and oxygen atoms in total. The quantitative estimate of drug-likeness (QED) is 0.371. The third kappa shape index (κ3) is 5.67. The summed E-state index contributed by atoms with van der Waals surface area (Å²) < 4.78 is 5.67. The van der Waals surface area contributed by atoms with Crippen molar-refractivity contribution in [2.24, 2.45) is 5.16 Å². The lowest BCUT2D eigenvalue weighted by molar-refractivity contribution is -0.231. The van der Waals surface area contributed by atoms with Gasteiger partial charge in [-0.1, -0.05) is 53.2 Å². The Hall–Kier alpha value is -2.00. The topological polar surface area (TPSA) is 112 Å². The second-order valence-corrected chi connectivity index (χ2v) is 8.71. The van der Waals surface area contributed by atoms with E-state index in [9.17, 15) is 20.4 Å². The number of hydrogen-bond donors (Lipinski definition) is 4. The highest BCUT2D eigenvalue weighted by Gasteiger charge is 2.44. The van der Waals surface area contributed by atoms with Crippen molar-refractivity contribution < 1.29 is 30.0 Å². The predicted octanol–water partition coefficient (Wildman–Crippen LogP) is 2.59. The number of ether oxygens (including phenoxy) is 1. The van der Waals surface area contributed by atoms with Gasteiger partial charge >= 0.3 is 0 Å². The molecule has 1 saturated heterocycles. The van der Waals surface area contributed by atoms with Crippen LogP contribution in [0.5, 0.6) is 0 Å². The van der Waals surface area contributed by atoms with Gasteiger partial charge in [0.25, 0.3) is 0 Å². The van der Waals surface area contributed by atoms with Crippen LogP contribution >= 0.6 is 11.6 Å². The van der Waals surface area contributed by atoms with Gasteiger partial charge in [0.1, 0.15) is 36.6 Å². The maximum atomic E-state index is 10.4. The van der Waals surface area contributed by atoms with Gasteiger partial charge in [-0.2, -0.15) is 0 Å². The molecular weight excluding hydrogens is 434 g/mol. The van der Waals surface area contributed by atoms with Crippen LogP contribution in [0.25, 0.3) is 0 Å². The van der Waals surface area contributed by atoms with E-state index in [1.54, 1.807) is 12.1 Å². The van der Waals surface area contributed by atoms with Gasteiger partial charge in [-0.15, -0.1) is 0 Å². The summed E-state index contributed by atoms with van der Waals surface area (Å²) in [6.07, 6.45) is -5.46. The zero-order valence-corrected chi connectivity index (χ0v) is 19.1. The van der Waals surface area contributed by atoms with E-state index in [4.69, 9.17) is 21.2 Å². The van der Waals surface area contributed by atoms with Crippen LogP contribution in [0, 0.1) is 0 Å². The molecule has 0 bridgehead atoms. The Bertz CT molecular complexity index is 931. The lowest BCUT2D eigenvalue weighted by Crippen LogP contribution is -2.55. The van der Waals surface area contributed by atoms with Crippen LogP contribution < -0.4 is 0 Å². The third-order valence-corrected chi connectivity index (χ3v) is 5.83. The average Bonchev–Trinajstić information content (AvgIpc) is 2.78. The molecule has 1 fully saturated rings. The number of benzene rings is 2. The summed E-state index contributed by atoms with van der Waals surface area (Å²) in [5.41, 5.74) is 4.19. The molecular formula is C24H30ClNO6. The van der Waals surface area contributed by atoms with Crippen molar-refractivity contribution in [3.63, 3.8) is 0 Å².